The molecule has 2 heterocycles. The van der Waals surface area contributed by atoms with Crippen LogP contribution in [-0.4, -0.2) is 39.7 Å². The highest BCUT2D eigenvalue weighted by Crippen LogP contribution is 2.24. The SMILES string of the molecule is CCn1ncc2c(C(=O)NCC(=O)NCCc3ccccc3)cc(-c3ccccc3)nc21. The molecule has 2 aromatic carbocycles. The number of fused-ring (bicyclic) bond motifs is 1. The van der Waals surface area contributed by atoms with Gasteiger partial charge in [-0.2, -0.15) is 5.10 Å². The minimum Gasteiger partial charge on any atom is -0.354 e. The van der Waals surface area contributed by atoms with Crippen LogP contribution >= 0.6 is 0 Å². The van der Waals surface area contributed by atoms with Gasteiger partial charge in [0.2, 0.25) is 5.91 Å². The van der Waals surface area contributed by atoms with Crippen molar-refractivity contribution in [1.29, 1.82) is 0 Å². The fraction of sp³-hybridized carbons (Fsp3) is 0.200. The van der Waals surface area contributed by atoms with Crippen LogP contribution in [0, 0.1) is 0 Å². The van der Waals surface area contributed by atoms with E-state index in [9.17, 15) is 9.59 Å². The van der Waals surface area contributed by atoms with Gasteiger partial charge in [0.25, 0.3) is 5.91 Å². The van der Waals surface area contributed by atoms with Crippen LogP contribution in [0.5, 0.6) is 0 Å². The molecule has 4 aromatic rings. The lowest BCUT2D eigenvalue weighted by Crippen LogP contribution is -2.37. The van der Waals surface area contributed by atoms with Crippen LogP contribution in [0.4, 0.5) is 0 Å². The van der Waals surface area contributed by atoms with Gasteiger partial charge in [-0.05, 0) is 25.0 Å². The molecule has 0 bridgehead atoms. The molecule has 0 saturated heterocycles. The third-order valence-corrected chi connectivity index (χ3v) is 5.21. The summed E-state index contributed by atoms with van der Waals surface area (Å²) in [7, 11) is 0. The summed E-state index contributed by atoms with van der Waals surface area (Å²) in [5, 5.41) is 10.6. The Morgan fingerprint density at radius 3 is 2.41 bits per heavy atom. The van der Waals surface area contributed by atoms with Gasteiger partial charge in [-0.25, -0.2) is 9.67 Å². The Kier molecular flexibility index (Phi) is 6.55. The number of benzene rings is 2. The van der Waals surface area contributed by atoms with Crippen molar-refractivity contribution < 1.29 is 9.59 Å². The topological polar surface area (TPSA) is 88.9 Å². The van der Waals surface area contributed by atoms with Gasteiger partial charge in [-0.3, -0.25) is 9.59 Å². The smallest absolute Gasteiger partial charge is 0.252 e. The van der Waals surface area contributed by atoms with Gasteiger partial charge in [0, 0.05) is 18.7 Å². The Morgan fingerprint density at radius 1 is 0.969 bits per heavy atom. The fourth-order valence-electron chi connectivity index (χ4n) is 3.53. The maximum absolute atomic E-state index is 13.0. The normalized spacial score (nSPS) is 10.8. The van der Waals surface area contributed by atoms with E-state index in [1.165, 1.54) is 0 Å². The summed E-state index contributed by atoms with van der Waals surface area (Å²) < 4.78 is 1.76. The lowest BCUT2D eigenvalue weighted by Gasteiger charge is -2.10. The minimum absolute atomic E-state index is 0.0972. The van der Waals surface area contributed by atoms with E-state index in [1.807, 2.05) is 67.6 Å². The van der Waals surface area contributed by atoms with Crippen LogP contribution in [-0.2, 0) is 17.8 Å². The fourth-order valence-corrected chi connectivity index (χ4v) is 3.53. The molecule has 0 aliphatic rings. The molecule has 2 amide bonds. The largest absolute Gasteiger partial charge is 0.354 e. The van der Waals surface area contributed by atoms with Crippen LogP contribution in [0.2, 0.25) is 0 Å². The Labute approximate surface area is 186 Å². The molecule has 0 aliphatic carbocycles. The molecular formula is C25H25N5O2. The molecule has 0 radical (unpaired) electrons. The Bertz CT molecular complexity index is 1220. The Hall–Kier alpha value is -4.00. The van der Waals surface area contributed by atoms with E-state index in [1.54, 1.807) is 16.9 Å². The van der Waals surface area contributed by atoms with Gasteiger partial charge < -0.3 is 10.6 Å². The molecule has 0 unspecified atom stereocenters. The van der Waals surface area contributed by atoms with E-state index < -0.39 is 0 Å². The van der Waals surface area contributed by atoms with E-state index in [0.29, 0.717) is 35.4 Å². The molecule has 4 rings (SSSR count). The second-order valence-corrected chi connectivity index (χ2v) is 7.39. The predicted molar refractivity (Wildman–Crippen MR) is 124 cm³/mol. The molecule has 0 saturated carbocycles. The second-order valence-electron chi connectivity index (χ2n) is 7.39. The first-order valence-electron chi connectivity index (χ1n) is 10.7. The Morgan fingerprint density at radius 2 is 1.69 bits per heavy atom. The zero-order valence-corrected chi connectivity index (χ0v) is 17.9. The standard InChI is InChI=1S/C25H25N5O2/c1-2-30-24-21(16-28-30)20(15-22(29-24)19-11-7-4-8-12-19)25(32)27-17-23(31)26-14-13-18-9-5-3-6-10-18/h3-12,15-16H,2,13-14,17H2,1H3,(H,26,31)(H,27,32). The number of nitrogens with one attached hydrogen (secondary N) is 2. The van der Waals surface area contributed by atoms with Gasteiger partial charge in [-0.15, -0.1) is 0 Å². The number of hydrogen-bond acceptors (Lipinski definition) is 4. The van der Waals surface area contributed by atoms with Crippen molar-refractivity contribution in [2.24, 2.45) is 0 Å². The van der Waals surface area contributed by atoms with Gasteiger partial charge in [0.05, 0.1) is 29.4 Å². The average molecular weight is 428 g/mol. The molecule has 7 nitrogen and oxygen atoms in total. The van der Waals surface area contributed by atoms with Gasteiger partial charge in [-0.1, -0.05) is 60.7 Å². The quantitative estimate of drug-likeness (QED) is 0.452. The van der Waals surface area contributed by atoms with E-state index in [-0.39, 0.29) is 18.4 Å². The Balaban J connectivity index is 1.46. The summed E-state index contributed by atoms with van der Waals surface area (Å²) in [5.41, 5.74) is 3.84. The van der Waals surface area contributed by atoms with E-state index >= 15 is 0 Å². The summed E-state index contributed by atoms with van der Waals surface area (Å²) in [6, 6.07) is 21.4. The van der Waals surface area contributed by atoms with Crippen molar-refractivity contribution in [2.75, 3.05) is 13.1 Å². The summed E-state index contributed by atoms with van der Waals surface area (Å²) >= 11 is 0. The number of carbonyl (C=O) groups excluding carboxylic acids is 2. The van der Waals surface area contributed by atoms with Gasteiger partial charge in [0.1, 0.15) is 0 Å². The third kappa shape index (κ3) is 4.83. The maximum atomic E-state index is 13.0. The highest BCUT2D eigenvalue weighted by atomic mass is 16.2. The zero-order chi connectivity index (χ0) is 22.3. The van der Waals surface area contributed by atoms with Gasteiger partial charge in [0.15, 0.2) is 5.65 Å². The third-order valence-electron chi connectivity index (χ3n) is 5.21. The monoisotopic (exact) mass is 427 g/mol. The average Bonchev–Trinajstić information content (AvgIpc) is 3.26. The molecular weight excluding hydrogens is 402 g/mol. The van der Waals surface area contributed by atoms with Gasteiger partial charge >= 0.3 is 0 Å². The number of rotatable bonds is 8. The van der Waals surface area contributed by atoms with E-state index in [4.69, 9.17) is 4.98 Å². The first-order chi connectivity index (χ1) is 15.7. The number of carbonyl (C=O) groups is 2. The number of pyridine rings is 1. The summed E-state index contributed by atoms with van der Waals surface area (Å²) in [6.07, 6.45) is 2.39. The maximum Gasteiger partial charge on any atom is 0.252 e. The first-order valence-corrected chi connectivity index (χ1v) is 10.7. The molecule has 162 valence electrons. The first kappa shape index (κ1) is 21.2. The van der Waals surface area contributed by atoms with E-state index in [2.05, 4.69) is 15.7 Å². The highest BCUT2D eigenvalue weighted by molar-refractivity contribution is 6.07. The predicted octanol–water partition coefficient (Wildman–Crippen LogP) is 3.21. The van der Waals surface area contributed by atoms with E-state index in [0.717, 1.165) is 17.5 Å². The van der Waals surface area contributed by atoms with Crippen molar-refractivity contribution in [2.45, 2.75) is 19.9 Å². The van der Waals surface area contributed by atoms with Crippen molar-refractivity contribution in [3.05, 3.63) is 84.1 Å². The highest BCUT2D eigenvalue weighted by Gasteiger charge is 2.17. The molecule has 0 atom stereocenters. The molecule has 32 heavy (non-hydrogen) atoms. The number of aryl methyl sites for hydroxylation is 1. The molecule has 7 heteroatoms. The molecule has 2 N–H and O–H groups in total. The van der Waals surface area contributed by atoms with Crippen molar-refractivity contribution in [1.82, 2.24) is 25.4 Å². The summed E-state index contributed by atoms with van der Waals surface area (Å²) in [6.45, 7) is 3.03. The number of amides is 2. The van der Waals surface area contributed by atoms with Crippen LogP contribution in [0.3, 0.4) is 0 Å². The van der Waals surface area contributed by atoms with Crippen LogP contribution in [0.1, 0.15) is 22.8 Å². The zero-order valence-electron chi connectivity index (χ0n) is 17.9. The van der Waals surface area contributed by atoms with Crippen molar-refractivity contribution >= 4 is 22.8 Å². The number of hydrogen-bond donors (Lipinski definition) is 2. The molecule has 0 aliphatic heterocycles. The molecule has 0 fully saturated rings. The van der Waals surface area contributed by atoms with Crippen molar-refractivity contribution in [3.8, 4) is 11.3 Å². The lowest BCUT2D eigenvalue weighted by atomic mass is 10.1. The van der Waals surface area contributed by atoms with Crippen LogP contribution < -0.4 is 10.6 Å². The minimum atomic E-state index is -0.330. The van der Waals surface area contributed by atoms with Crippen LogP contribution in [0.15, 0.2) is 72.9 Å². The summed E-state index contributed by atoms with van der Waals surface area (Å²) in [5.74, 6) is -0.560. The number of nitrogens with zero attached hydrogens (tertiary/aromatic N) is 3. The van der Waals surface area contributed by atoms with Crippen LogP contribution in [0.25, 0.3) is 22.3 Å². The lowest BCUT2D eigenvalue weighted by molar-refractivity contribution is -0.120. The van der Waals surface area contributed by atoms with Crippen molar-refractivity contribution in [3.63, 3.8) is 0 Å². The molecule has 2 aromatic heterocycles. The number of aromatic nitrogens is 3. The second kappa shape index (κ2) is 9.87. The molecule has 0 spiro atoms. The summed E-state index contributed by atoms with van der Waals surface area (Å²) in [4.78, 5) is 29.9.